The lowest BCUT2D eigenvalue weighted by molar-refractivity contribution is -0.131. The first-order valence-electron chi connectivity index (χ1n) is 7.90. The molecular formula is C17H20N2O3S2. The van der Waals surface area contributed by atoms with Gasteiger partial charge in [0.1, 0.15) is 14.8 Å². The highest BCUT2D eigenvalue weighted by Gasteiger charge is 2.28. The number of hydrogen-bond acceptors (Lipinski definition) is 5. The molecule has 1 aromatic heterocycles. The fourth-order valence-corrected chi connectivity index (χ4v) is 5.14. The molecule has 128 valence electrons. The van der Waals surface area contributed by atoms with E-state index >= 15 is 0 Å². The minimum atomic E-state index is -2.91. The summed E-state index contributed by atoms with van der Waals surface area (Å²) < 4.78 is 23.0. The number of carbonyl (C=O) groups is 1. The molecule has 1 amide bonds. The zero-order valence-electron chi connectivity index (χ0n) is 13.5. The summed E-state index contributed by atoms with van der Waals surface area (Å²) in [5, 5.41) is 2.82. The van der Waals surface area contributed by atoms with Crippen LogP contribution in [0.4, 0.5) is 0 Å². The lowest BCUT2D eigenvalue weighted by Gasteiger charge is -2.31. The molecule has 1 saturated heterocycles. The first-order chi connectivity index (χ1) is 11.4. The van der Waals surface area contributed by atoms with Gasteiger partial charge in [-0.2, -0.15) is 0 Å². The molecule has 1 aromatic carbocycles. The summed E-state index contributed by atoms with van der Waals surface area (Å²) in [5.74, 6) is 0.332. The predicted molar refractivity (Wildman–Crippen MR) is 95.7 cm³/mol. The monoisotopic (exact) mass is 364 g/mol. The lowest BCUT2D eigenvalue weighted by Crippen LogP contribution is -2.42. The van der Waals surface area contributed by atoms with Gasteiger partial charge in [-0.3, -0.25) is 4.79 Å². The van der Waals surface area contributed by atoms with Crippen LogP contribution in [0, 0.1) is 0 Å². The van der Waals surface area contributed by atoms with E-state index in [0.717, 1.165) is 16.3 Å². The van der Waals surface area contributed by atoms with Gasteiger partial charge in [-0.05, 0) is 12.8 Å². The lowest BCUT2D eigenvalue weighted by atomic mass is 10.1. The van der Waals surface area contributed by atoms with E-state index < -0.39 is 9.84 Å². The van der Waals surface area contributed by atoms with Gasteiger partial charge in [0.15, 0.2) is 0 Å². The third-order valence-corrected chi connectivity index (χ3v) is 7.03. The van der Waals surface area contributed by atoms with Gasteiger partial charge in [-0.25, -0.2) is 13.4 Å². The Hall–Kier alpha value is -1.73. The van der Waals surface area contributed by atoms with Gasteiger partial charge in [-0.15, -0.1) is 11.3 Å². The Morgan fingerprint density at radius 1 is 1.25 bits per heavy atom. The second-order valence-electron chi connectivity index (χ2n) is 6.07. The zero-order valence-corrected chi connectivity index (χ0v) is 15.1. The largest absolute Gasteiger partial charge is 0.342 e. The van der Waals surface area contributed by atoms with Crippen LogP contribution in [-0.2, 0) is 21.1 Å². The number of likely N-dealkylation sites (N-methyl/N-ethyl adjacent to an activating group) is 1. The van der Waals surface area contributed by atoms with E-state index in [1.807, 2.05) is 35.7 Å². The molecule has 0 saturated carbocycles. The smallest absolute Gasteiger partial charge is 0.228 e. The Labute approximate surface area is 146 Å². The van der Waals surface area contributed by atoms with Gasteiger partial charge in [0.05, 0.1) is 23.6 Å². The average molecular weight is 364 g/mol. The quantitative estimate of drug-likeness (QED) is 0.835. The first kappa shape index (κ1) is 17.1. The molecule has 1 fully saturated rings. The normalized spacial score (nSPS) is 17.5. The SMILES string of the molecule is CN(C(=O)Cc1csc(-c2ccccc2)n1)C1CCS(=O)(=O)CC1. The Bertz CT molecular complexity index is 801. The van der Waals surface area contributed by atoms with Crippen molar-refractivity contribution in [2.45, 2.75) is 25.3 Å². The fourth-order valence-electron chi connectivity index (χ4n) is 2.85. The third-order valence-electron chi connectivity index (χ3n) is 4.37. The second-order valence-corrected chi connectivity index (χ2v) is 9.24. The maximum atomic E-state index is 12.5. The van der Waals surface area contributed by atoms with Gasteiger partial charge >= 0.3 is 0 Å². The summed E-state index contributed by atoms with van der Waals surface area (Å²) in [6.07, 6.45) is 1.30. The first-order valence-corrected chi connectivity index (χ1v) is 10.6. The third kappa shape index (κ3) is 4.02. The number of hydrogen-bond donors (Lipinski definition) is 0. The van der Waals surface area contributed by atoms with Crippen LogP contribution >= 0.6 is 11.3 Å². The van der Waals surface area contributed by atoms with Crippen LogP contribution < -0.4 is 0 Å². The van der Waals surface area contributed by atoms with Crippen molar-refractivity contribution >= 4 is 27.1 Å². The average Bonchev–Trinajstić information content (AvgIpc) is 3.03. The number of rotatable bonds is 4. The van der Waals surface area contributed by atoms with Gasteiger partial charge < -0.3 is 4.90 Å². The van der Waals surface area contributed by atoms with E-state index in [1.54, 1.807) is 11.9 Å². The van der Waals surface area contributed by atoms with Crippen molar-refractivity contribution in [1.82, 2.24) is 9.88 Å². The molecule has 24 heavy (non-hydrogen) atoms. The number of benzene rings is 1. The summed E-state index contributed by atoms with van der Waals surface area (Å²) in [4.78, 5) is 18.7. The molecule has 1 aliphatic rings. The molecule has 3 rings (SSSR count). The summed E-state index contributed by atoms with van der Waals surface area (Å²) in [6.45, 7) is 0. The molecule has 0 atom stereocenters. The van der Waals surface area contributed by atoms with Crippen molar-refractivity contribution in [3.63, 3.8) is 0 Å². The van der Waals surface area contributed by atoms with Crippen LogP contribution in [0.3, 0.4) is 0 Å². The van der Waals surface area contributed by atoms with E-state index in [2.05, 4.69) is 4.98 Å². The molecule has 0 radical (unpaired) electrons. The molecule has 2 aromatic rings. The van der Waals surface area contributed by atoms with E-state index in [4.69, 9.17) is 0 Å². The van der Waals surface area contributed by atoms with E-state index in [0.29, 0.717) is 12.8 Å². The molecule has 0 spiro atoms. The molecule has 1 aliphatic heterocycles. The van der Waals surface area contributed by atoms with Crippen molar-refractivity contribution in [2.75, 3.05) is 18.6 Å². The van der Waals surface area contributed by atoms with Crippen molar-refractivity contribution < 1.29 is 13.2 Å². The topological polar surface area (TPSA) is 67.3 Å². The Kier molecular flexibility index (Phi) is 5.01. The van der Waals surface area contributed by atoms with Crippen molar-refractivity contribution in [2.24, 2.45) is 0 Å². The maximum Gasteiger partial charge on any atom is 0.228 e. The standard InChI is InChI=1S/C17H20N2O3S2/c1-19(15-7-9-24(21,22)10-8-15)16(20)11-14-12-23-17(18-14)13-5-3-2-4-6-13/h2-6,12,15H,7-11H2,1H3. The minimum Gasteiger partial charge on any atom is -0.342 e. The van der Waals surface area contributed by atoms with Crippen LogP contribution in [0.25, 0.3) is 10.6 Å². The van der Waals surface area contributed by atoms with Crippen molar-refractivity contribution in [3.8, 4) is 10.6 Å². The van der Waals surface area contributed by atoms with Gasteiger partial charge in [0.25, 0.3) is 0 Å². The summed E-state index contributed by atoms with van der Waals surface area (Å²) in [5.41, 5.74) is 1.81. The van der Waals surface area contributed by atoms with Crippen LogP contribution in [0.1, 0.15) is 18.5 Å². The molecule has 0 unspecified atom stereocenters. The number of sulfone groups is 1. The highest BCUT2D eigenvalue weighted by molar-refractivity contribution is 7.91. The van der Waals surface area contributed by atoms with Crippen molar-refractivity contribution in [3.05, 3.63) is 41.4 Å². The Balaban J connectivity index is 1.62. The molecule has 5 nitrogen and oxygen atoms in total. The number of carbonyl (C=O) groups excluding carboxylic acids is 1. The van der Waals surface area contributed by atoms with E-state index in [9.17, 15) is 13.2 Å². The number of aromatic nitrogens is 1. The Morgan fingerprint density at radius 3 is 2.58 bits per heavy atom. The number of thiazole rings is 1. The Morgan fingerprint density at radius 2 is 1.92 bits per heavy atom. The van der Waals surface area contributed by atoms with E-state index in [1.165, 1.54) is 11.3 Å². The van der Waals surface area contributed by atoms with Gasteiger partial charge in [-0.1, -0.05) is 30.3 Å². The fraction of sp³-hybridized carbons (Fsp3) is 0.412. The molecule has 0 aliphatic carbocycles. The maximum absolute atomic E-state index is 12.5. The minimum absolute atomic E-state index is 0.00764. The van der Waals surface area contributed by atoms with Crippen LogP contribution in [0.15, 0.2) is 35.7 Å². The van der Waals surface area contributed by atoms with Gasteiger partial charge in [0, 0.05) is 24.0 Å². The number of amides is 1. The predicted octanol–water partition coefficient (Wildman–Crippen LogP) is 2.39. The van der Waals surface area contributed by atoms with Crippen LogP contribution in [0.5, 0.6) is 0 Å². The summed E-state index contributed by atoms with van der Waals surface area (Å²) in [7, 11) is -1.15. The zero-order chi connectivity index (χ0) is 17.2. The van der Waals surface area contributed by atoms with Crippen LogP contribution in [-0.4, -0.2) is 48.8 Å². The second kappa shape index (κ2) is 7.03. The van der Waals surface area contributed by atoms with Crippen LogP contribution in [0.2, 0.25) is 0 Å². The van der Waals surface area contributed by atoms with Crippen molar-refractivity contribution in [1.29, 1.82) is 0 Å². The molecular weight excluding hydrogens is 344 g/mol. The summed E-state index contributed by atoms with van der Waals surface area (Å²) in [6, 6.07) is 9.89. The van der Waals surface area contributed by atoms with E-state index in [-0.39, 0.29) is 29.9 Å². The molecule has 0 bridgehead atoms. The number of nitrogens with zero attached hydrogens (tertiary/aromatic N) is 2. The van der Waals surface area contributed by atoms with Gasteiger partial charge in [0.2, 0.25) is 5.91 Å². The highest BCUT2D eigenvalue weighted by atomic mass is 32.2. The summed E-state index contributed by atoms with van der Waals surface area (Å²) >= 11 is 1.53. The molecule has 7 heteroatoms. The highest BCUT2D eigenvalue weighted by Crippen LogP contribution is 2.24. The molecule has 2 heterocycles. The molecule has 0 N–H and O–H groups in total.